The van der Waals surface area contributed by atoms with Crippen molar-refractivity contribution in [2.45, 2.75) is 26.8 Å². The molecule has 2 aromatic carbocycles. The SMILES string of the molecule is COc1cccc(C2NC(=S)NC(C)=C2C(=O)Nc2cc(C)cc(C)c2)c1OC. The third-order valence-electron chi connectivity index (χ3n) is 4.74. The van der Waals surface area contributed by atoms with Crippen LogP contribution in [0.15, 0.2) is 47.7 Å². The second-order valence-electron chi connectivity index (χ2n) is 6.98. The molecule has 0 bridgehead atoms. The van der Waals surface area contributed by atoms with Crippen LogP contribution in [0.2, 0.25) is 0 Å². The van der Waals surface area contributed by atoms with Gasteiger partial charge in [0.25, 0.3) is 5.91 Å². The Morgan fingerprint density at radius 1 is 1.07 bits per heavy atom. The first-order chi connectivity index (χ1) is 13.8. The number of para-hydroxylation sites is 1. The number of rotatable bonds is 5. The zero-order chi connectivity index (χ0) is 21.1. The van der Waals surface area contributed by atoms with Crippen LogP contribution in [-0.4, -0.2) is 25.2 Å². The van der Waals surface area contributed by atoms with Crippen molar-refractivity contribution in [1.29, 1.82) is 0 Å². The van der Waals surface area contributed by atoms with Crippen molar-refractivity contribution in [3.8, 4) is 11.5 Å². The Labute approximate surface area is 176 Å². The molecular weight excluding hydrogens is 386 g/mol. The average molecular weight is 412 g/mol. The molecule has 1 atom stereocenters. The second-order valence-corrected chi connectivity index (χ2v) is 7.39. The standard InChI is InChI=1S/C22H25N3O3S/c1-12-9-13(2)11-15(10-12)24-21(26)18-14(3)23-22(29)25-19(18)16-7-6-8-17(27-4)20(16)28-5/h6-11,19H,1-5H3,(H,24,26)(H2,23,25,29). The summed E-state index contributed by atoms with van der Waals surface area (Å²) in [6, 6.07) is 11.0. The predicted octanol–water partition coefficient (Wildman–Crippen LogP) is 3.75. The van der Waals surface area contributed by atoms with Crippen LogP contribution in [0.4, 0.5) is 5.69 Å². The number of allylic oxidation sites excluding steroid dienone is 1. The molecule has 1 heterocycles. The number of methoxy groups -OCH3 is 2. The highest BCUT2D eigenvalue weighted by atomic mass is 32.1. The van der Waals surface area contributed by atoms with Crippen LogP contribution in [-0.2, 0) is 4.79 Å². The minimum atomic E-state index is -0.486. The molecule has 0 aromatic heterocycles. The first-order valence-electron chi connectivity index (χ1n) is 9.23. The van der Waals surface area contributed by atoms with Crippen LogP contribution >= 0.6 is 12.2 Å². The molecule has 152 valence electrons. The van der Waals surface area contributed by atoms with E-state index >= 15 is 0 Å². The highest BCUT2D eigenvalue weighted by molar-refractivity contribution is 7.80. The third kappa shape index (κ3) is 4.35. The van der Waals surface area contributed by atoms with Crippen molar-refractivity contribution in [2.75, 3.05) is 19.5 Å². The molecule has 2 aromatic rings. The lowest BCUT2D eigenvalue weighted by Gasteiger charge is -2.31. The zero-order valence-electron chi connectivity index (χ0n) is 17.2. The Balaban J connectivity index is 2.04. The molecule has 0 saturated heterocycles. The van der Waals surface area contributed by atoms with Gasteiger partial charge in [0.05, 0.1) is 25.8 Å². The van der Waals surface area contributed by atoms with Gasteiger partial charge < -0.3 is 25.4 Å². The summed E-state index contributed by atoms with van der Waals surface area (Å²) in [7, 11) is 3.16. The van der Waals surface area contributed by atoms with Gasteiger partial charge in [-0.3, -0.25) is 4.79 Å². The predicted molar refractivity (Wildman–Crippen MR) is 118 cm³/mol. The van der Waals surface area contributed by atoms with E-state index < -0.39 is 6.04 Å². The van der Waals surface area contributed by atoms with E-state index in [4.69, 9.17) is 21.7 Å². The first-order valence-corrected chi connectivity index (χ1v) is 9.63. The second kappa shape index (κ2) is 8.53. The monoisotopic (exact) mass is 411 g/mol. The van der Waals surface area contributed by atoms with Crippen LogP contribution in [0.3, 0.4) is 0 Å². The number of ether oxygens (including phenoxy) is 2. The summed E-state index contributed by atoms with van der Waals surface area (Å²) in [6.45, 7) is 5.84. The Morgan fingerprint density at radius 2 is 1.76 bits per heavy atom. The normalized spacial score (nSPS) is 16.0. The van der Waals surface area contributed by atoms with Gasteiger partial charge in [0, 0.05) is 16.9 Å². The molecule has 0 radical (unpaired) electrons. The number of benzene rings is 2. The van der Waals surface area contributed by atoms with Gasteiger partial charge >= 0.3 is 0 Å². The molecule has 29 heavy (non-hydrogen) atoms. The van der Waals surface area contributed by atoms with Gasteiger partial charge in [-0.1, -0.05) is 18.2 Å². The molecule has 0 fully saturated rings. The van der Waals surface area contributed by atoms with Crippen molar-refractivity contribution >= 4 is 28.9 Å². The van der Waals surface area contributed by atoms with E-state index in [9.17, 15) is 4.79 Å². The largest absolute Gasteiger partial charge is 0.493 e. The summed E-state index contributed by atoms with van der Waals surface area (Å²) in [5.41, 5.74) is 4.89. The van der Waals surface area contributed by atoms with Crippen LogP contribution in [0.5, 0.6) is 11.5 Å². The molecule has 0 spiro atoms. The summed E-state index contributed by atoms with van der Waals surface area (Å²) in [6.07, 6.45) is 0. The molecule has 1 aliphatic rings. The summed E-state index contributed by atoms with van der Waals surface area (Å²) < 4.78 is 11.0. The van der Waals surface area contributed by atoms with Crippen molar-refractivity contribution in [3.05, 3.63) is 64.4 Å². The van der Waals surface area contributed by atoms with Gasteiger partial charge in [0.1, 0.15) is 0 Å². The number of hydrogen-bond acceptors (Lipinski definition) is 4. The summed E-state index contributed by atoms with van der Waals surface area (Å²) in [4.78, 5) is 13.3. The number of anilines is 1. The summed E-state index contributed by atoms with van der Waals surface area (Å²) >= 11 is 5.34. The maximum Gasteiger partial charge on any atom is 0.255 e. The average Bonchev–Trinajstić information content (AvgIpc) is 2.65. The van der Waals surface area contributed by atoms with Gasteiger partial charge in [0.2, 0.25) is 0 Å². The molecule has 3 rings (SSSR count). The van der Waals surface area contributed by atoms with Crippen molar-refractivity contribution in [1.82, 2.24) is 10.6 Å². The molecule has 1 unspecified atom stereocenters. The maximum absolute atomic E-state index is 13.3. The number of carbonyl (C=O) groups is 1. The van der Waals surface area contributed by atoms with Gasteiger partial charge in [-0.05, 0) is 62.3 Å². The Morgan fingerprint density at radius 3 is 2.38 bits per heavy atom. The third-order valence-corrected chi connectivity index (χ3v) is 4.96. The van der Waals surface area contributed by atoms with Crippen molar-refractivity contribution in [2.24, 2.45) is 0 Å². The maximum atomic E-state index is 13.3. The number of hydrogen-bond donors (Lipinski definition) is 3. The molecule has 0 saturated carbocycles. The quantitative estimate of drug-likeness (QED) is 0.651. The van der Waals surface area contributed by atoms with Crippen LogP contribution in [0.25, 0.3) is 0 Å². The van der Waals surface area contributed by atoms with Crippen molar-refractivity contribution in [3.63, 3.8) is 0 Å². The van der Waals surface area contributed by atoms with Gasteiger partial charge in [-0.2, -0.15) is 0 Å². The highest BCUT2D eigenvalue weighted by Gasteiger charge is 2.32. The van der Waals surface area contributed by atoms with Gasteiger partial charge in [-0.25, -0.2) is 0 Å². The fourth-order valence-electron chi connectivity index (χ4n) is 3.61. The van der Waals surface area contributed by atoms with E-state index in [2.05, 4.69) is 22.0 Å². The van der Waals surface area contributed by atoms with E-state index in [1.54, 1.807) is 14.2 Å². The lowest BCUT2D eigenvalue weighted by atomic mass is 9.93. The van der Waals surface area contributed by atoms with E-state index in [0.29, 0.717) is 27.9 Å². The number of aryl methyl sites for hydroxylation is 2. The van der Waals surface area contributed by atoms with Crippen LogP contribution in [0, 0.1) is 13.8 Å². The van der Waals surface area contributed by atoms with Crippen molar-refractivity contribution < 1.29 is 14.3 Å². The molecule has 0 aliphatic carbocycles. The minimum Gasteiger partial charge on any atom is -0.493 e. The fraction of sp³-hybridized carbons (Fsp3) is 0.273. The summed E-state index contributed by atoms with van der Waals surface area (Å²) in [5.74, 6) is 0.926. The van der Waals surface area contributed by atoms with Gasteiger partial charge in [-0.15, -0.1) is 0 Å². The Kier molecular flexibility index (Phi) is 6.08. The van der Waals surface area contributed by atoms with E-state index in [1.807, 2.05) is 51.1 Å². The van der Waals surface area contributed by atoms with Crippen LogP contribution in [0.1, 0.15) is 29.7 Å². The lowest BCUT2D eigenvalue weighted by molar-refractivity contribution is -0.113. The number of thiocarbonyl (C=S) groups is 1. The minimum absolute atomic E-state index is 0.218. The Hall–Kier alpha value is -3.06. The zero-order valence-corrected chi connectivity index (χ0v) is 18.0. The molecule has 1 aliphatic heterocycles. The molecule has 7 heteroatoms. The number of amides is 1. The highest BCUT2D eigenvalue weighted by Crippen LogP contribution is 2.39. The van der Waals surface area contributed by atoms with Crippen LogP contribution < -0.4 is 25.4 Å². The molecule has 3 N–H and O–H groups in total. The van der Waals surface area contributed by atoms with E-state index in [1.165, 1.54) is 0 Å². The van der Waals surface area contributed by atoms with E-state index in [0.717, 1.165) is 22.4 Å². The topological polar surface area (TPSA) is 71.6 Å². The smallest absolute Gasteiger partial charge is 0.255 e. The lowest BCUT2D eigenvalue weighted by Crippen LogP contribution is -2.45. The first kappa shape index (κ1) is 20.7. The molecular formula is C22H25N3O3S. The number of nitrogens with one attached hydrogen (secondary N) is 3. The van der Waals surface area contributed by atoms with E-state index in [-0.39, 0.29) is 5.91 Å². The fourth-order valence-corrected chi connectivity index (χ4v) is 3.88. The number of carbonyl (C=O) groups excluding carboxylic acids is 1. The van der Waals surface area contributed by atoms with Gasteiger partial charge in [0.15, 0.2) is 16.6 Å². The molecule has 6 nitrogen and oxygen atoms in total. The Bertz CT molecular complexity index is 981. The summed E-state index contributed by atoms with van der Waals surface area (Å²) in [5, 5.41) is 9.70. The molecule has 1 amide bonds.